The van der Waals surface area contributed by atoms with Crippen LogP contribution < -0.4 is 10.2 Å². The zero-order valence-electron chi connectivity index (χ0n) is 12.8. The van der Waals surface area contributed by atoms with Crippen molar-refractivity contribution in [3.63, 3.8) is 0 Å². The summed E-state index contributed by atoms with van der Waals surface area (Å²) in [6, 6.07) is 13.3. The molecular formula is C18H19FN2S. The molecule has 0 bridgehead atoms. The standard InChI is InChI=1S/C18H19FN2S/c1-12-4-3-5-16(10-12)20-18(22)21-13(2)6-7-14-11-15(19)8-9-17(14)21/h3-5,8-11,13H,6-7H2,1-2H3,(H,20,22). The summed E-state index contributed by atoms with van der Waals surface area (Å²) < 4.78 is 13.4. The first-order valence-electron chi connectivity index (χ1n) is 7.50. The van der Waals surface area contributed by atoms with Gasteiger partial charge in [-0.1, -0.05) is 12.1 Å². The minimum absolute atomic E-state index is 0.189. The van der Waals surface area contributed by atoms with Crippen molar-refractivity contribution in [2.45, 2.75) is 32.7 Å². The highest BCUT2D eigenvalue weighted by atomic mass is 32.1. The first-order valence-corrected chi connectivity index (χ1v) is 7.91. The number of anilines is 2. The van der Waals surface area contributed by atoms with Crippen molar-refractivity contribution in [1.82, 2.24) is 0 Å². The Morgan fingerprint density at radius 2 is 2.09 bits per heavy atom. The molecule has 0 saturated heterocycles. The summed E-state index contributed by atoms with van der Waals surface area (Å²) in [7, 11) is 0. The predicted molar refractivity (Wildman–Crippen MR) is 94.1 cm³/mol. The van der Waals surface area contributed by atoms with Crippen LogP contribution in [-0.2, 0) is 6.42 Å². The third-order valence-corrected chi connectivity index (χ3v) is 4.36. The van der Waals surface area contributed by atoms with Crippen molar-refractivity contribution < 1.29 is 4.39 Å². The molecule has 0 radical (unpaired) electrons. The molecule has 114 valence electrons. The van der Waals surface area contributed by atoms with Gasteiger partial charge in [-0.3, -0.25) is 0 Å². The van der Waals surface area contributed by atoms with Crippen molar-refractivity contribution in [3.05, 3.63) is 59.4 Å². The van der Waals surface area contributed by atoms with Crippen LogP contribution in [0.2, 0.25) is 0 Å². The fraction of sp³-hybridized carbons (Fsp3) is 0.278. The van der Waals surface area contributed by atoms with Gasteiger partial charge in [0.2, 0.25) is 0 Å². The molecule has 22 heavy (non-hydrogen) atoms. The van der Waals surface area contributed by atoms with E-state index in [0.29, 0.717) is 11.2 Å². The van der Waals surface area contributed by atoms with Gasteiger partial charge in [0.25, 0.3) is 0 Å². The predicted octanol–water partition coefficient (Wildman–Crippen LogP) is 4.67. The van der Waals surface area contributed by atoms with E-state index in [4.69, 9.17) is 12.2 Å². The molecule has 2 aromatic rings. The van der Waals surface area contributed by atoms with Gasteiger partial charge in [-0.05, 0) is 80.4 Å². The molecule has 0 saturated carbocycles. The Labute approximate surface area is 136 Å². The molecule has 1 aliphatic rings. The highest BCUT2D eigenvalue weighted by Gasteiger charge is 2.26. The molecule has 2 nitrogen and oxygen atoms in total. The van der Waals surface area contributed by atoms with Crippen molar-refractivity contribution in [2.75, 3.05) is 10.2 Å². The van der Waals surface area contributed by atoms with Crippen LogP contribution in [0.4, 0.5) is 15.8 Å². The second kappa shape index (κ2) is 6.05. The van der Waals surface area contributed by atoms with Crippen molar-refractivity contribution in [2.24, 2.45) is 0 Å². The van der Waals surface area contributed by atoms with Gasteiger partial charge in [-0.15, -0.1) is 0 Å². The molecule has 1 N–H and O–H groups in total. The van der Waals surface area contributed by atoms with Gasteiger partial charge in [0.1, 0.15) is 5.82 Å². The SMILES string of the molecule is Cc1cccc(NC(=S)N2c3ccc(F)cc3CCC2C)c1. The Morgan fingerprint density at radius 1 is 1.27 bits per heavy atom. The van der Waals surface area contributed by atoms with Gasteiger partial charge < -0.3 is 10.2 Å². The molecule has 4 heteroatoms. The molecule has 0 amide bonds. The fourth-order valence-corrected chi connectivity index (χ4v) is 3.33. The third-order valence-electron chi connectivity index (χ3n) is 4.06. The van der Waals surface area contributed by atoms with Crippen LogP contribution >= 0.6 is 12.2 Å². The number of nitrogens with zero attached hydrogens (tertiary/aromatic N) is 1. The maximum absolute atomic E-state index is 13.4. The normalized spacial score (nSPS) is 17.0. The molecule has 0 fully saturated rings. The lowest BCUT2D eigenvalue weighted by molar-refractivity contribution is 0.604. The van der Waals surface area contributed by atoms with Crippen LogP contribution in [0.3, 0.4) is 0 Å². The summed E-state index contributed by atoms with van der Waals surface area (Å²) in [6.45, 7) is 4.20. The molecule has 0 aromatic heterocycles. The number of halogens is 1. The summed E-state index contributed by atoms with van der Waals surface area (Å²) in [6.07, 6.45) is 1.85. The number of rotatable bonds is 1. The first kappa shape index (κ1) is 15.0. The number of hydrogen-bond donors (Lipinski definition) is 1. The summed E-state index contributed by atoms with van der Waals surface area (Å²) in [5, 5.41) is 3.96. The highest BCUT2D eigenvalue weighted by Crippen LogP contribution is 2.32. The van der Waals surface area contributed by atoms with E-state index < -0.39 is 0 Å². The van der Waals surface area contributed by atoms with Crippen LogP contribution in [0.15, 0.2) is 42.5 Å². The number of thiocarbonyl (C=S) groups is 1. The van der Waals surface area contributed by atoms with E-state index in [9.17, 15) is 4.39 Å². The van der Waals surface area contributed by atoms with E-state index in [-0.39, 0.29) is 5.82 Å². The second-order valence-corrected chi connectivity index (χ2v) is 6.22. The minimum atomic E-state index is -0.189. The van der Waals surface area contributed by atoms with E-state index in [1.54, 1.807) is 6.07 Å². The summed E-state index contributed by atoms with van der Waals surface area (Å²) in [5.41, 5.74) is 4.19. The Morgan fingerprint density at radius 3 is 2.86 bits per heavy atom. The highest BCUT2D eigenvalue weighted by molar-refractivity contribution is 7.80. The van der Waals surface area contributed by atoms with Crippen molar-refractivity contribution >= 4 is 28.7 Å². The zero-order chi connectivity index (χ0) is 15.7. The Balaban J connectivity index is 1.89. The Bertz CT molecular complexity index is 714. The van der Waals surface area contributed by atoms with Gasteiger partial charge in [-0.25, -0.2) is 4.39 Å². The fourth-order valence-electron chi connectivity index (χ4n) is 2.94. The lowest BCUT2D eigenvalue weighted by Crippen LogP contribution is -2.44. The van der Waals surface area contributed by atoms with Crippen LogP contribution in [-0.4, -0.2) is 11.2 Å². The monoisotopic (exact) mass is 314 g/mol. The summed E-state index contributed by atoms with van der Waals surface area (Å²) >= 11 is 5.61. The maximum atomic E-state index is 13.4. The quantitative estimate of drug-likeness (QED) is 0.770. The molecular weight excluding hydrogens is 295 g/mol. The topological polar surface area (TPSA) is 15.3 Å². The zero-order valence-corrected chi connectivity index (χ0v) is 13.6. The first-order chi connectivity index (χ1) is 10.5. The molecule has 1 aliphatic heterocycles. The number of aryl methyl sites for hydroxylation is 2. The summed E-state index contributed by atoms with van der Waals surface area (Å²) in [4.78, 5) is 2.09. The molecule has 0 spiro atoms. The van der Waals surface area contributed by atoms with Crippen LogP contribution in [0, 0.1) is 12.7 Å². The number of fused-ring (bicyclic) bond motifs is 1. The van der Waals surface area contributed by atoms with Gasteiger partial charge in [0, 0.05) is 17.4 Å². The molecule has 1 heterocycles. The number of benzene rings is 2. The van der Waals surface area contributed by atoms with Crippen molar-refractivity contribution in [3.8, 4) is 0 Å². The lowest BCUT2D eigenvalue weighted by atomic mass is 9.97. The molecule has 1 atom stereocenters. The van der Waals surface area contributed by atoms with Gasteiger partial charge in [-0.2, -0.15) is 0 Å². The summed E-state index contributed by atoms with van der Waals surface area (Å²) in [5.74, 6) is -0.189. The van der Waals surface area contributed by atoms with Gasteiger partial charge >= 0.3 is 0 Å². The molecule has 0 aliphatic carbocycles. The van der Waals surface area contributed by atoms with E-state index in [2.05, 4.69) is 36.2 Å². The average Bonchev–Trinajstić information content (AvgIpc) is 2.47. The minimum Gasteiger partial charge on any atom is -0.332 e. The van der Waals surface area contributed by atoms with Gasteiger partial charge in [0.05, 0.1) is 0 Å². The second-order valence-electron chi connectivity index (χ2n) is 5.83. The van der Waals surface area contributed by atoms with Crippen LogP contribution in [0.5, 0.6) is 0 Å². The van der Waals surface area contributed by atoms with Crippen LogP contribution in [0.1, 0.15) is 24.5 Å². The largest absolute Gasteiger partial charge is 0.332 e. The molecule has 1 unspecified atom stereocenters. The number of nitrogens with one attached hydrogen (secondary N) is 1. The molecule has 3 rings (SSSR count). The van der Waals surface area contributed by atoms with Crippen molar-refractivity contribution in [1.29, 1.82) is 0 Å². The number of hydrogen-bond acceptors (Lipinski definition) is 1. The Hall–Kier alpha value is -1.94. The Kier molecular flexibility index (Phi) is 4.12. The average molecular weight is 314 g/mol. The van der Waals surface area contributed by atoms with E-state index in [1.165, 1.54) is 11.6 Å². The molecule has 2 aromatic carbocycles. The lowest BCUT2D eigenvalue weighted by Gasteiger charge is -2.37. The van der Waals surface area contributed by atoms with E-state index in [1.807, 2.05) is 18.2 Å². The smallest absolute Gasteiger partial charge is 0.178 e. The van der Waals surface area contributed by atoms with Gasteiger partial charge in [0.15, 0.2) is 5.11 Å². The maximum Gasteiger partial charge on any atom is 0.178 e. The van der Waals surface area contributed by atoms with E-state index >= 15 is 0 Å². The van der Waals surface area contributed by atoms with Crippen LogP contribution in [0.25, 0.3) is 0 Å². The van der Waals surface area contributed by atoms with E-state index in [0.717, 1.165) is 29.8 Å². The third kappa shape index (κ3) is 2.97.